The van der Waals surface area contributed by atoms with Crippen molar-refractivity contribution in [3.63, 3.8) is 0 Å². The highest BCUT2D eigenvalue weighted by Gasteiger charge is 2.04. The highest BCUT2D eigenvalue weighted by atomic mass is 16.1. The van der Waals surface area contributed by atoms with E-state index >= 15 is 0 Å². The van der Waals surface area contributed by atoms with E-state index in [1.807, 2.05) is 13.8 Å². The number of carbonyl (C=O) groups is 4. The van der Waals surface area contributed by atoms with E-state index in [0.29, 0.717) is 37.3 Å². The van der Waals surface area contributed by atoms with Crippen LogP contribution in [-0.4, -0.2) is 52.6 Å². The quantitative estimate of drug-likeness (QED) is 0.367. The van der Waals surface area contributed by atoms with Crippen molar-refractivity contribution in [2.24, 2.45) is 9.98 Å². The third-order valence-corrected chi connectivity index (χ3v) is 3.34. The van der Waals surface area contributed by atoms with Gasteiger partial charge in [-0.15, -0.1) is 0 Å². The SMILES string of the molecule is CC(=O)CC(C)=NCCN=C(C)CC(C)=O.CC(=O)c1cccc(C(C)=O)n1. The molecule has 0 unspecified atom stereocenters. The third-order valence-electron chi connectivity index (χ3n) is 3.34. The van der Waals surface area contributed by atoms with Gasteiger partial charge in [-0.25, -0.2) is 4.98 Å². The first-order valence-electron chi connectivity index (χ1n) is 9.00. The number of Topliss-reactive ketones (excluding diaryl/α,β-unsaturated/α-hetero) is 4. The molecule has 28 heavy (non-hydrogen) atoms. The Morgan fingerprint density at radius 3 is 1.36 bits per heavy atom. The minimum atomic E-state index is -0.127. The number of aromatic nitrogens is 1. The maximum Gasteiger partial charge on any atom is 0.178 e. The second-order valence-corrected chi connectivity index (χ2v) is 6.51. The standard InChI is InChI=1S/C12H20N2O2.C9H9NO2/c1-9(7-11(3)15)13-5-6-14-10(2)8-12(4)16;1-6(11)8-4-3-5-9(10-8)7(2)12/h5-8H2,1-4H3;3-5H,1-2H3. The molecule has 0 spiro atoms. The van der Waals surface area contributed by atoms with Crippen LogP contribution in [0, 0.1) is 0 Å². The number of hydrogen-bond acceptors (Lipinski definition) is 7. The zero-order valence-corrected chi connectivity index (χ0v) is 17.5. The van der Waals surface area contributed by atoms with Crippen molar-refractivity contribution in [2.45, 2.75) is 54.4 Å². The number of hydrogen-bond donors (Lipinski definition) is 0. The second kappa shape index (κ2) is 13.4. The fourth-order valence-corrected chi connectivity index (χ4v) is 2.14. The van der Waals surface area contributed by atoms with Gasteiger partial charge in [-0.3, -0.25) is 29.2 Å². The Labute approximate surface area is 166 Å². The molecule has 0 aromatic carbocycles. The van der Waals surface area contributed by atoms with Crippen molar-refractivity contribution in [2.75, 3.05) is 13.1 Å². The highest BCUT2D eigenvalue weighted by molar-refractivity contribution is 6.00. The van der Waals surface area contributed by atoms with Gasteiger partial charge >= 0.3 is 0 Å². The van der Waals surface area contributed by atoms with Crippen LogP contribution in [0.15, 0.2) is 28.2 Å². The third kappa shape index (κ3) is 12.5. The van der Waals surface area contributed by atoms with E-state index in [4.69, 9.17) is 0 Å². The number of nitrogens with zero attached hydrogens (tertiary/aromatic N) is 3. The van der Waals surface area contributed by atoms with Crippen LogP contribution in [0.2, 0.25) is 0 Å². The van der Waals surface area contributed by atoms with E-state index in [1.165, 1.54) is 13.8 Å². The number of rotatable bonds is 9. The largest absolute Gasteiger partial charge is 0.300 e. The lowest BCUT2D eigenvalue weighted by Crippen LogP contribution is -2.04. The van der Waals surface area contributed by atoms with Gasteiger partial charge in [-0.2, -0.15) is 0 Å². The lowest BCUT2D eigenvalue weighted by Gasteiger charge is -1.98. The number of aliphatic imine (C=N–C) groups is 2. The zero-order chi connectivity index (χ0) is 21.7. The molecule has 1 heterocycles. The summed E-state index contributed by atoms with van der Waals surface area (Å²) in [7, 11) is 0. The van der Waals surface area contributed by atoms with Crippen LogP contribution in [-0.2, 0) is 9.59 Å². The fraction of sp³-hybridized carbons (Fsp3) is 0.476. The normalized spacial score (nSPS) is 11.4. The summed E-state index contributed by atoms with van der Waals surface area (Å²) in [6, 6.07) is 4.84. The van der Waals surface area contributed by atoms with E-state index in [2.05, 4.69) is 15.0 Å². The maximum absolute atomic E-state index is 10.8. The van der Waals surface area contributed by atoms with Crippen LogP contribution in [0.3, 0.4) is 0 Å². The summed E-state index contributed by atoms with van der Waals surface area (Å²) in [6.07, 6.45) is 0.826. The summed E-state index contributed by atoms with van der Waals surface area (Å²) in [4.78, 5) is 55.5. The summed E-state index contributed by atoms with van der Waals surface area (Å²) in [5.74, 6) is -0.00813. The van der Waals surface area contributed by atoms with Gasteiger partial charge in [0.2, 0.25) is 0 Å². The molecule has 1 aromatic heterocycles. The molecule has 0 aliphatic heterocycles. The molecule has 0 radical (unpaired) electrons. The summed E-state index contributed by atoms with van der Waals surface area (Å²) >= 11 is 0. The molecule has 1 rings (SSSR count). The minimum Gasteiger partial charge on any atom is -0.300 e. The molecule has 0 saturated heterocycles. The van der Waals surface area contributed by atoms with Crippen LogP contribution in [0.5, 0.6) is 0 Å². The van der Waals surface area contributed by atoms with Crippen LogP contribution in [0.4, 0.5) is 0 Å². The molecule has 0 amide bonds. The molecule has 0 saturated carbocycles. The van der Waals surface area contributed by atoms with E-state index < -0.39 is 0 Å². The smallest absolute Gasteiger partial charge is 0.178 e. The van der Waals surface area contributed by atoms with Gasteiger partial charge in [0.25, 0.3) is 0 Å². The van der Waals surface area contributed by atoms with E-state index in [1.54, 1.807) is 32.0 Å². The van der Waals surface area contributed by atoms with Crippen molar-refractivity contribution < 1.29 is 19.2 Å². The van der Waals surface area contributed by atoms with Gasteiger partial charge < -0.3 is 0 Å². The van der Waals surface area contributed by atoms with Crippen molar-refractivity contribution in [1.82, 2.24) is 4.98 Å². The van der Waals surface area contributed by atoms with Crippen LogP contribution < -0.4 is 0 Å². The van der Waals surface area contributed by atoms with Gasteiger partial charge in [0.15, 0.2) is 11.6 Å². The Morgan fingerprint density at radius 1 is 0.714 bits per heavy atom. The zero-order valence-electron chi connectivity index (χ0n) is 17.5. The Kier molecular flexibility index (Phi) is 12.0. The summed E-state index contributed by atoms with van der Waals surface area (Å²) < 4.78 is 0. The first-order valence-corrected chi connectivity index (χ1v) is 9.00. The number of pyridine rings is 1. The van der Waals surface area contributed by atoms with Gasteiger partial charge in [0, 0.05) is 38.1 Å². The average molecular weight is 387 g/mol. The van der Waals surface area contributed by atoms with Crippen LogP contribution >= 0.6 is 0 Å². The van der Waals surface area contributed by atoms with Gasteiger partial charge in [-0.05, 0) is 39.8 Å². The molecule has 0 N–H and O–H groups in total. The monoisotopic (exact) mass is 387 g/mol. The minimum absolute atomic E-state index is 0.123. The first kappa shape index (κ1) is 25.2. The first-order chi connectivity index (χ1) is 13.0. The maximum atomic E-state index is 10.8. The summed E-state index contributed by atoms with van der Waals surface area (Å²) in [5, 5.41) is 0. The number of carbonyl (C=O) groups excluding carboxylic acids is 4. The summed E-state index contributed by atoms with van der Waals surface area (Å²) in [5.41, 5.74) is 2.35. The van der Waals surface area contributed by atoms with E-state index in [0.717, 1.165) is 11.4 Å². The molecule has 0 aliphatic carbocycles. The molecule has 0 atom stereocenters. The molecule has 0 fully saturated rings. The number of ketones is 4. The molecular formula is C21H29N3O4. The van der Waals surface area contributed by atoms with E-state index in [9.17, 15) is 19.2 Å². The Bertz CT molecular complexity index is 718. The Morgan fingerprint density at radius 2 is 1.07 bits per heavy atom. The lowest BCUT2D eigenvalue weighted by molar-refractivity contribution is -0.116. The van der Waals surface area contributed by atoms with Crippen LogP contribution in [0.25, 0.3) is 0 Å². The molecule has 0 bridgehead atoms. The molecular weight excluding hydrogens is 358 g/mol. The molecule has 1 aromatic rings. The van der Waals surface area contributed by atoms with Gasteiger partial charge in [0.1, 0.15) is 23.0 Å². The highest BCUT2D eigenvalue weighted by Crippen LogP contribution is 2.00. The van der Waals surface area contributed by atoms with Gasteiger partial charge in [-0.1, -0.05) is 6.07 Å². The predicted molar refractivity (Wildman–Crippen MR) is 111 cm³/mol. The molecule has 152 valence electrons. The molecule has 0 aliphatic rings. The molecule has 7 nitrogen and oxygen atoms in total. The topological polar surface area (TPSA) is 106 Å². The Balaban J connectivity index is 0.000000540. The van der Waals surface area contributed by atoms with Crippen molar-refractivity contribution >= 4 is 34.6 Å². The fourth-order valence-electron chi connectivity index (χ4n) is 2.14. The average Bonchev–Trinajstić information content (AvgIpc) is 2.58. The molecule has 7 heteroatoms. The summed E-state index contributed by atoms with van der Waals surface area (Å²) in [6.45, 7) is 10.8. The Hall–Kier alpha value is -2.83. The lowest BCUT2D eigenvalue weighted by atomic mass is 10.2. The van der Waals surface area contributed by atoms with Crippen LogP contribution in [0.1, 0.15) is 75.4 Å². The van der Waals surface area contributed by atoms with E-state index in [-0.39, 0.29) is 23.1 Å². The predicted octanol–water partition coefficient (Wildman–Crippen LogP) is 3.35. The van der Waals surface area contributed by atoms with Crippen molar-refractivity contribution in [1.29, 1.82) is 0 Å². The van der Waals surface area contributed by atoms with Gasteiger partial charge in [0.05, 0.1) is 13.1 Å². The van der Waals surface area contributed by atoms with Crippen molar-refractivity contribution in [3.05, 3.63) is 29.6 Å². The second-order valence-electron chi connectivity index (χ2n) is 6.51. The van der Waals surface area contributed by atoms with Crippen molar-refractivity contribution in [3.8, 4) is 0 Å².